The first-order valence-corrected chi connectivity index (χ1v) is 10.4. The van der Waals surface area contributed by atoms with Crippen LogP contribution in [0.3, 0.4) is 0 Å². The Morgan fingerprint density at radius 3 is 2.48 bits per heavy atom. The zero-order valence-corrected chi connectivity index (χ0v) is 18.2. The minimum atomic E-state index is 0.102. The van der Waals surface area contributed by atoms with E-state index in [9.17, 15) is 0 Å². The maximum Gasteiger partial charge on any atom is 0.207 e. The first-order chi connectivity index (χ1) is 12.6. The van der Waals surface area contributed by atoms with Crippen molar-refractivity contribution >= 4 is 39.7 Å². The standard InChI is InChI=1S/C20H28ClN5S/c1-13(22-16-11-19(2,3)26-20(4,5)12-16)10-17-24-18(27-25-17)23-15-8-6-14(21)7-9-15/h6-9,16,26H,10-12H2,1-5H3,(H,23,24,25). The number of aromatic nitrogens is 2. The Kier molecular flexibility index (Phi) is 5.89. The Bertz CT molecular complexity index is 794. The third kappa shape index (κ3) is 5.99. The molecule has 0 radical (unpaired) electrons. The molecule has 2 heterocycles. The number of anilines is 2. The first-order valence-electron chi connectivity index (χ1n) is 9.28. The van der Waals surface area contributed by atoms with Crippen molar-refractivity contribution in [1.29, 1.82) is 0 Å². The minimum absolute atomic E-state index is 0.102. The molecule has 1 saturated heterocycles. The lowest BCUT2D eigenvalue weighted by Gasteiger charge is -2.45. The fraction of sp³-hybridized carbons (Fsp3) is 0.550. The molecule has 0 amide bonds. The SMILES string of the molecule is CC(Cc1nsc(Nc2ccc(Cl)cc2)n1)=NC1CC(C)(C)NC(C)(C)C1. The zero-order valence-electron chi connectivity index (χ0n) is 16.6. The van der Waals surface area contributed by atoms with Gasteiger partial charge in [0.05, 0.1) is 6.04 Å². The third-order valence-electron chi connectivity index (χ3n) is 4.55. The van der Waals surface area contributed by atoms with E-state index >= 15 is 0 Å². The summed E-state index contributed by atoms with van der Waals surface area (Å²) >= 11 is 7.29. The number of nitrogens with zero attached hydrogens (tertiary/aromatic N) is 3. The van der Waals surface area contributed by atoms with Crippen LogP contribution in [-0.4, -0.2) is 32.2 Å². The van der Waals surface area contributed by atoms with Gasteiger partial charge in [0.1, 0.15) is 5.82 Å². The normalized spacial score (nSPS) is 19.9. The van der Waals surface area contributed by atoms with Gasteiger partial charge in [0, 0.05) is 45.5 Å². The fourth-order valence-electron chi connectivity index (χ4n) is 3.98. The molecule has 1 aromatic carbocycles. The number of rotatable bonds is 5. The van der Waals surface area contributed by atoms with Crippen molar-refractivity contribution in [2.75, 3.05) is 5.32 Å². The summed E-state index contributed by atoms with van der Waals surface area (Å²) in [5.41, 5.74) is 2.24. The Morgan fingerprint density at radius 2 is 1.85 bits per heavy atom. The van der Waals surface area contributed by atoms with Crippen LogP contribution >= 0.6 is 23.1 Å². The molecular weight excluding hydrogens is 378 g/mol. The highest BCUT2D eigenvalue weighted by Crippen LogP contribution is 2.30. The van der Waals surface area contributed by atoms with Crippen molar-refractivity contribution in [1.82, 2.24) is 14.7 Å². The van der Waals surface area contributed by atoms with Crippen molar-refractivity contribution in [3.8, 4) is 0 Å². The van der Waals surface area contributed by atoms with Gasteiger partial charge in [-0.1, -0.05) is 11.6 Å². The summed E-state index contributed by atoms with van der Waals surface area (Å²) < 4.78 is 4.47. The van der Waals surface area contributed by atoms with Gasteiger partial charge in [-0.25, -0.2) is 4.98 Å². The highest BCUT2D eigenvalue weighted by atomic mass is 35.5. The second-order valence-electron chi connectivity index (χ2n) is 8.64. The van der Waals surface area contributed by atoms with Crippen molar-refractivity contribution in [2.45, 2.75) is 71.0 Å². The van der Waals surface area contributed by atoms with Crippen LogP contribution in [0.15, 0.2) is 29.3 Å². The van der Waals surface area contributed by atoms with Crippen LogP contribution in [0.1, 0.15) is 53.3 Å². The molecule has 3 rings (SSSR count). The smallest absolute Gasteiger partial charge is 0.207 e. The number of hydrogen-bond acceptors (Lipinski definition) is 6. The number of benzene rings is 1. The summed E-state index contributed by atoms with van der Waals surface area (Å²) in [6, 6.07) is 7.89. The molecule has 0 aliphatic carbocycles. The summed E-state index contributed by atoms with van der Waals surface area (Å²) in [5.74, 6) is 0.810. The van der Waals surface area contributed by atoms with Crippen molar-refractivity contribution in [3.05, 3.63) is 35.1 Å². The van der Waals surface area contributed by atoms with Gasteiger partial charge >= 0.3 is 0 Å². The van der Waals surface area contributed by atoms with Crippen LogP contribution in [0.4, 0.5) is 10.8 Å². The monoisotopic (exact) mass is 405 g/mol. The Morgan fingerprint density at radius 1 is 1.22 bits per heavy atom. The van der Waals surface area contributed by atoms with E-state index in [4.69, 9.17) is 16.6 Å². The molecule has 1 aliphatic heterocycles. The highest BCUT2D eigenvalue weighted by Gasteiger charge is 2.37. The summed E-state index contributed by atoms with van der Waals surface area (Å²) in [6.07, 6.45) is 2.77. The van der Waals surface area contributed by atoms with Crippen LogP contribution in [0.25, 0.3) is 0 Å². The first kappa shape index (κ1) is 20.2. The van der Waals surface area contributed by atoms with E-state index in [1.807, 2.05) is 24.3 Å². The van der Waals surface area contributed by atoms with Gasteiger partial charge in [0.25, 0.3) is 0 Å². The van der Waals surface area contributed by atoms with Crippen LogP contribution in [0.5, 0.6) is 0 Å². The van der Waals surface area contributed by atoms with Crippen molar-refractivity contribution in [3.63, 3.8) is 0 Å². The van der Waals surface area contributed by atoms with Gasteiger partial charge in [0.15, 0.2) is 0 Å². The van der Waals surface area contributed by atoms with Gasteiger partial charge < -0.3 is 10.6 Å². The van der Waals surface area contributed by atoms with Gasteiger partial charge in [-0.05, 0) is 71.7 Å². The van der Waals surface area contributed by atoms with Gasteiger partial charge in [0.2, 0.25) is 5.13 Å². The van der Waals surface area contributed by atoms with E-state index in [0.717, 1.165) is 40.2 Å². The molecule has 0 saturated carbocycles. The van der Waals surface area contributed by atoms with Crippen LogP contribution < -0.4 is 10.6 Å². The van der Waals surface area contributed by atoms with Crippen LogP contribution in [0.2, 0.25) is 5.02 Å². The molecule has 1 fully saturated rings. The van der Waals surface area contributed by atoms with E-state index in [0.29, 0.717) is 12.5 Å². The lowest BCUT2D eigenvalue weighted by atomic mass is 9.80. The maximum atomic E-state index is 5.92. The quantitative estimate of drug-likeness (QED) is 0.667. The molecule has 0 unspecified atom stereocenters. The van der Waals surface area contributed by atoms with E-state index in [2.05, 4.69) is 54.6 Å². The van der Waals surface area contributed by atoms with E-state index in [-0.39, 0.29) is 11.1 Å². The summed E-state index contributed by atoms with van der Waals surface area (Å²) in [6.45, 7) is 11.1. The predicted octanol–water partition coefficient (Wildman–Crippen LogP) is 5.25. The molecule has 0 atom stereocenters. The van der Waals surface area contributed by atoms with Gasteiger partial charge in [-0.2, -0.15) is 4.37 Å². The molecule has 7 heteroatoms. The fourth-order valence-corrected chi connectivity index (χ4v) is 4.71. The Hall–Kier alpha value is -1.50. The molecule has 0 spiro atoms. The average molecular weight is 406 g/mol. The lowest BCUT2D eigenvalue weighted by molar-refractivity contribution is 0.164. The van der Waals surface area contributed by atoms with E-state index < -0.39 is 0 Å². The average Bonchev–Trinajstić information content (AvgIpc) is 2.93. The number of nitrogens with one attached hydrogen (secondary N) is 2. The second kappa shape index (κ2) is 7.86. The molecule has 146 valence electrons. The maximum absolute atomic E-state index is 5.92. The molecule has 2 N–H and O–H groups in total. The number of piperidine rings is 1. The van der Waals surface area contributed by atoms with E-state index in [1.165, 1.54) is 11.5 Å². The van der Waals surface area contributed by atoms with Crippen LogP contribution in [-0.2, 0) is 6.42 Å². The largest absolute Gasteiger partial charge is 0.330 e. The second-order valence-corrected chi connectivity index (χ2v) is 9.83. The molecule has 2 aromatic rings. The Balaban J connectivity index is 1.62. The predicted molar refractivity (Wildman–Crippen MR) is 116 cm³/mol. The number of halogens is 1. The Labute approximate surface area is 170 Å². The molecule has 1 aliphatic rings. The third-order valence-corrected chi connectivity index (χ3v) is 5.47. The summed E-state index contributed by atoms with van der Waals surface area (Å²) in [5, 5.41) is 8.47. The molecular formula is C20H28ClN5S. The number of aliphatic imine (C=N–C) groups is 1. The van der Waals surface area contributed by atoms with Gasteiger partial charge in [-0.3, -0.25) is 4.99 Å². The highest BCUT2D eigenvalue weighted by molar-refractivity contribution is 7.09. The zero-order chi connectivity index (χ0) is 19.7. The molecule has 1 aromatic heterocycles. The lowest BCUT2D eigenvalue weighted by Crippen LogP contribution is -2.58. The minimum Gasteiger partial charge on any atom is -0.330 e. The van der Waals surface area contributed by atoms with Crippen LogP contribution in [0, 0.1) is 0 Å². The van der Waals surface area contributed by atoms with E-state index in [1.54, 1.807) is 0 Å². The molecule has 0 bridgehead atoms. The van der Waals surface area contributed by atoms with Crippen molar-refractivity contribution < 1.29 is 0 Å². The summed E-state index contributed by atoms with van der Waals surface area (Å²) in [7, 11) is 0. The van der Waals surface area contributed by atoms with Gasteiger partial charge in [-0.15, -0.1) is 0 Å². The summed E-state index contributed by atoms with van der Waals surface area (Å²) in [4.78, 5) is 9.58. The number of hydrogen-bond donors (Lipinski definition) is 2. The molecule has 27 heavy (non-hydrogen) atoms. The topological polar surface area (TPSA) is 62.2 Å². The molecule has 5 nitrogen and oxygen atoms in total. The van der Waals surface area contributed by atoms with Crippen molar-refractivity contribution in [2.24, 2.45) is 4.99 Å².